The Balaban J connectivity index is 1.22. The maximum Gasteiger partial charge on any atom is 0.229 e. The lowest BCUT2D eigenvalue weighted by molar-refractivity contribution is -0.130. The molecule has 4 rings (SSSR count). The molecule has 7 nitrogen and oxygen atoms in total. The van der Waals surface area contributed by atoms with Crippen LogP contribution in [-0.2, 0) is 16.0 Å². The van der Waals surface area contributed by atoms with E-state index in [-0.39, 0.29) is 17.7 Å². The predicted octanol–water partition coefficient (Wildman–Crippen LogP) is 2.18. The number of aromatic nitrogens is 2. The lowest BCUT2D eigenvalue weighted by atomic mass is 10.1. The first-order valence-electron chi connectivity index (χ1n) is 10.1. The lowest BCUT2D eigenvalue weighted by Crippen LogP contribution is -2.37. The van der Waals surface area contributed by atoms with Crippen molar-refractivity contribution in [2.24, 2.45) is 5.92 Å². The van der Waals surface area contributed by atoms with Gasteiger partial charge in [0.2, 0.25) is 17.7 Å². The molecule has 2 saturated carbocycles. The number of nitrogens with one attached hydrogen (secondary N) is 1. The van der Waals surface area contributed by atoms with Crippen molar-refractivity contribution in [2.45, 2.75) is 76.2 Å². The molecule has 1 N–H and O–H groups in total. The Kier molecular flexibility index (Phi) is 5.22. The van der Waals surface area contributed by atoms with Gasteiger partial charge < -0.3 is 14.7 Å². The average molecular weight is 360 g/mol. The predicted molar refractivity (Wildman–Crippen MR) is 94.3 cm³/mol. The molecule has 7 heteroatoms. The van der Waals surface area contributed by atoms with Gasteiger partial charge in [0.25, 0.3) is 0 Å². The van der Waals surface area contributed by atoms with Crippen molar-refractivity contribution in [1.82, 2.24) is 20.4 Å². The fraction of sp³-hybridized carbons (Fsp3) is 0.789. The van der Waals surface area contributed by atoms with Gasteiger partial charge >= 0.3 is 0 Å². The van der Waals surface area contributed by atoms with Crippen LogP contribution in [0.5, 0.6) is 0 Å². The standard InChI is InChI=1S/C19H28N4O3/c24-17-11-14(12-23(17)15-7-3-4-8-15)18(25)20-10-9-16-21-19(26-22-16)13-5-1-2-6-13/h13-15H,1-12H2,(H,20,25). The van der Waals surface area contributed by atoms with Crippen molar-refractivity contribution in [3.05, 3.63) is 11.7 Å². The van der Waals surface area contributed by atoms with Gasteiger partial charge in [-0.3, -0.25) is 9.59 Å². The van der Waals surface area contributed by atoms with Gasteiger partial charge in [-0.05, 0) is 25.7 Å². The summed E-state index contributed by atoms with van der Waals surface area (Å²) >= 11 is 0. The van der Waals surface area contributed by atoms with E-state index in [1.807, 2.05) is 4.90 Å². The minimum absolute atomic E-state index is 0.0293. The third-order valence-corrected chi connectivity index (χ3v) is 6.13. The van der Waals surface area contributed by atoms with E-state index in [0.29, 0.717) is 43.7 Å². The number of amides is 2. The fourth-order valence-electron chi connectivity index (χ4n) is 4.63. The molecule has 3 aliphatic rings. The molecule has 142 valence electrons. The number of nitrogens with zero attached hydrogens (tertiary/aromatic N) is 3. The van der Waals surface area contributed by atoms with E-state index in [4.69, 9.17) is 4.52 Å². The molecule has 2 heterocycles. The maximum absolute atomic E-state index is 12.4. The molecule has 1 aromatic rings. The molecule has 0 spiro atoms. The molecule has 0 bridgehead atoms. The number of rotatable bonds is 6. The first-order chi connectivity index (χ1) is 12.7. The topological polar surface area (TPSA) is 88.3 Å². The molecule has 1 unspecified atom stereocenters. The zero-order valence-electron chi connectivity index (χ0n) is 15.3. The molecular formula is C19H28N4O3. The summed E-state index contributed by atoms with van der Waals surface area (Å²) in [5.74, 6) is 1.70. The van der Waals surface area contributed by atoms with Gasteiger partial charge in [0.05, 0.1) is 5.92 Å². The summed E-state index contributed by atoms with van der Waals surface area (Å²) in [6, 6.07) is 0.355. The van der Waals surface area contributed by atoms with Crippen LogP contribution >= 0.6 is 0 Å². The van der Waals surface area contributed by atoms with Gasteiger partial charge in [-0.25, -0.2) is 0 Å². The summed E-state index contributed by atoms with van der Waals surface area (Å²) in [6.07, 6.45) is 10.2. The van der Waals surface area contributed by atoms with Crippen LogP contribution in [0.1, 0.15) is 75.4 Å². The van der Waals surface area contributed by atoms with Crippen molar-refractivity contribution < 1.29 is 14.1 Å². The normalized spacial score (nSPS) is 24.7. The quantitative estimate of drug-likeness (QED) is 0.840. The van der Waals surface area contributed by atoms with Crippen LogP contribution in [0.3, 0.4) is 0 Å². The Bertz CT molecular complexity index is 647. The molecule has 1 saturated heterocycles. The largest absolute Gasteiger partial charge is 0.355 e. The van der Waals surface area contributed by atoms with E-state index in [2.05, 4.69) is 15.5 Å². The van der Waals surface area contributed by atoms with Crippen LogP contribution in [0, 0.1) is 5.92 Å². The Morgan fingerprint density at radius 2 is 1.88 bits per heavy atom. The van der Waals surface area contributed by atoms with Gasteiger partial charge in [-0.1, -0.05) is 30.8 Å². The fourth-order valence-corrected chi connectivity index (χ4v) is 4.63. The summed E-state index contributed by atoms with van der Waals surface area (Å²) < 4.78 is 5.37. The highest BCUT2D eigenvalue weighted by Crippen LogP contribution is 2.33. The van der Waals surface area contributed by atoms with Gasteiger partial charge in [-0.2, -0.15) is 4.98 Å². The second-order valence-electron chi connectivity index (χ2n) is 7.96. The highest BCUT2D eigenvalue weighted by molar-refractivity contribution is 5.89. The van der Waals surface area contributed by atoms with E-state index < -0.39 is 0 Å². The second kappa shape index (κ2) is 7.76. The van der Waals surface area contributed by atoms with Gasteiger partial charge in [-0.15, -0.1) is 0 Å². The molecule has 0 aromatic carbocycles. The molecule has 1 aromatic heterocycles. The van der Waals surface area contributed by atoms with E-state index in [9.17, 15) is 9.59 Å². The molecule has 2 amide bonds. The van der Waals surface area contributed by atoms with Crippen LogP contribution in [0.2, 0.25) is 0 Å². The Morgan fingerprint density at radius 1 is 1.15 bits per heavy atom. The zero-order chi connectivity index (χ0) is 17.9. The number of carbonyl (C=O) groups excluding carboxylic acids is 2. The highest BCUT2D eigenvalue weighted by atomic mass is 16.5. The summed E-state index contributed by atoms with van der Waals surface area (Å²) in [5, 5.41) is 6.98. The smallest absolute Gasteiger partial charge is 0.229 e. The molecule has 1 atom stereocenters. The van der Waals surface area contributed by atoms with Crippen molar-refractivity contribution in [3.8, 4) is 0 Å². The van der Waals surface area contributed by atoms with Crippen LogP contribution in [0.4, 0.5) is 0 Å². The monoisotopic (exact) mass is 360 g/mol. The Hall–Kier alpha value is -1.92. The number of hydrogen-bond donors (Lipinski definition) is 1. The summed E-state index contributed by atoms with van der Waals surface area (Å²) in [4.78, 5) is 31.0. The van der Waals surface area contributed by atoms with Gasteiger partial charge in [0.15, 0.2) is 5.82 Å². The van der Waals surface area contributed by atoms with Gasteiger partial charge in [0, 0.05) is 37.9 Å². The summed E-state index contributed by atoms with van der Waals surface area (Å²) in [7, 11) is 0. The molecule has 26 heavy (non-hydrogen) atoms. The summed E-state index contributed by atoms with van der Waals surface area (Å²) in [5.41, 5.74) is 0. The minimum Gasteiger partial charge on any atom is -0.355 e. The number of hydrogen-bond acceptors (Lipinski definition) is 5. The zero-order valence-corrected chi connectivity index (χ0v) is 15.3. The van der Waals surface area contributed by atoms with Crippen molar-refractivity contribution in [1.29, 1.82) is 0 Å². The Morgan fingerprint density at radius 3 is 2.65 bits per heavy atom. The highest BCUT2D eigenvalue weighted by Gasteiger charge is 2.38. The van der Waals surface area contributed by atoms with Crippen LogP contribution in [0.15, 0.2) is 4.52 Å². The van der Waals surface area contributed by atoms with Gasteiger partial charge in [0.1, 0.15) is 0 Å². The Labute approximate surface area is 153 Å². The van der Waals surface area contributed by atoms with Crippen molar-refractivity contribution in [3.63, 3.8) is 0 Å². The second-order valence-corrected chi connectivity index (χ2v) is 7.96. The number of likely N-dealkylation sites (tertiary alicyclic amines) is 1. The third-order valence-electron chi connectivity index (χ3n) is 6.13. The molecule has 3 fully saturated rings. The van der Waals surface area contributed by atoms with Crippen molar-refractivity contribution in [2.75, 3.05) is 13.1 Å². The van der Waals surface area contributed by atoms with Crippen molar-refractivity contribution >= 4 is 11.8 Å². The first kappa shape index (κ1) is 17.5. The van der Waals surface area contributed by atoms with Crippen LogP contribution < -0.4 is 5.32 Å². The first-order valence-corrected chi connectivity index (χ1v) is 10.1. The molecule has 1 aliphatic heterocycles. The molecule has 2 aliphatic carbocycles. The SMILES string of the molecule is O=C(NCCc1noc(C2CCCC2)n1)C1CC(=O)N(C2CCCC2)C1. The summed E-state index contributed by atoms with van der Waals surface area (Å²) in [6.45, 7) is 1.06. The average Bonchev–Trinajstić information content (AvgIpc) is 3.41. The van der Waals surface area contributed by atoms with Crippen LogP contribution in [-0.4, -0.2) is 46.0 Å². The lowest BCUT2D eigenvalue weighted by Gasteiger charge is -2.23. The molecule has 0 radical (unpaired) electrons. The number of carbonyl (C=O) groups is 2. The van der Waals surface area contributed by atoms with Crippen LogP contribution in [0.25, 0.3) is 0 Å². The molecular weight excluding hydrogens is 332 g/mol. The third kappa shape index (κ3) is 3.76. The van der Waals surface area contributed by atoms with E-state index in [1.165, 1.54) is 25.7 Å². The van der Waals surface area contributed by atoms with E-state index in [1.54, 1.807) is 0 Å². The maximum atomic E-state index is 12.4. The van der Waals surface area contributed by atoms with E-state index >= 15 is 0 Å². The van der Waals surface area contributed by atoms with E-state index in [0.717, 1.165) is 31.6 Å². The minimum atomic E-state index is -0.220.